The fraction of sp³-hybridized carbons (Fsp3) is 0.632. The average molecular weight is 317 g/mol. The van der Waals surface area contributed by atoms with E-state index in [1.807, 2.05) is 4.90 Å². The number of rotatable bonds is 3. The Bertz CT molecular complexity index is 518. The van der Waals surface area contributed by atoms with Crippen molar-refractivity contribution in [1.29, 1.82) is 0 Å². The molecule has 0 spiro atoms. The van der Waals surface area contributed by atoms with E-state index in [0.29, 0.717) is 6.42 Å². The monoisotopic (exact) mass is 317 g/mol. The van der Waals surface area contributed by atoms with E-state index < -0.39 is 6.04 Å². The zero-order valence-corrected chi connectivity index (χ0v) is 14.7. The first-order chi connectivity index (χ1) is 10.8. The summed E-state index contributed by atoms with van der Waals surface area (Å²) in [6.07, 6.45) is 3.43. The third kappa shape index (κ3) is 5.05. The summed E-state index contributed by atoms with van der Waals surface area (Å²) in [6.45, 7) is 8.10. The van der Waals surface area contributed by atoms with Gasteiger partial charge in [-0.3, -0.25) is 4.79 Å². The highest BCUT2D eigenvalue weighted by Crippen LogP contribution is 2.22. The van der Waals surface area contributed by atoms with Gasteiger partial charge in [0.1, 0.15) is 0 Å². The largest absolute Gasteiger partial charge is 0.341 e. The topological polar surface area (TPSA) is 72.4 Å². The van der Waals surface area contributed by atoms with Gasteiger partial charge in [-0.1, -0.05) is 45.0 Å². The lowest BCUT2D eigenvalue weighted by Crippen LogP contribution is -2.45. The van der Waals surface area contributed by atoms with Crippen LogP contribution >= 0.6 is 0 Å². The Balaban J connectivity index is 1.95. The molecule has 1 aromatic rings. The number of likely N-dealkylation sites (tertiary alicyclic amines) is 1. The molecular formula is C19H31N3O. The Kier molecular flexibility index (Phi) is 5.82. The van der Waals surface area contributed by atoms with Gasteiger partial charge < -0.3 is 16.4 Å². The first kappa shape index (κ1) is 18.0. The standard InChI is InChI=1S/C19H31N3O/c1-19(2,3)15-8-6-14(7-9-15)13-17(21)18(23)22-11-4-5-16(20)10-12-22/h6-9,16-17H,4-5,10-13,20-21H2,1-3H3/t16?,17-/m1/s1. The smallest absolute Gasteiger partial charge is 0.239 e. The van der Waals surface area contributed by atoms with Crippen LogP contribution in [0.3, 0.4) is 0 Å². The van der Waals surface area contributed by atoms with E-state index in [0.717, 1.165) is 37.9 Å². The molecule has 0 aromatic heterocycles. The minimum atomic E-state index is -0.468. The summed E-state index contributed by atoms with van der Waals surface area (Å²) in [5, 5.41) is 0. The molecule has 2 rings (SSSR count). The van der Waals surface area contributed by atoms with Crippen molar-refractivity contribution in [1.82, 2.24) is 4.90 Å². The molecule has 4 nitrogen and oxygen atoms in total. The average Bonchev–Trinajstić information content (AvgIpc) is 2.71. The van der Waals surface area contributed by atoms with Gasteiger partial charge in [0.15, 0.2) is 0 Å². The van der Waals surface area contributed by atoms with Gasteiger partial charge in [0.05, 0.1) is 6.04 Å². The lowest BCUT2D eigenvalue weighted by Gasteiger charge is -2.24. The zero-order valence-electron chi connectivity index (χ0n) is 14.7. The van der Waals surface area contributed by atoms with E-state index in [-0.39, 0.29) is 17.4 Å². The molecule has 1 saturated heterocycles. The Morgan fingerprint density at radius 3 is 2.48 bits per heavy atom. The van der Waals surface area contributed by atoms with Gasteiger partial charge in [-0.25, -0.2) is 0 Å². The van der Waals surface area contributed by atoms with Crippen LogP contribution in [-0.2, 0) is 16.6 Å². The Morgan fingerprint density at radius 2 is 1.87 bits per heavy atom. The van der Waals surface area contributed by atoms with Crippen molar-refractivity contribution in [3.63, 3.8) is 0 Å². The molecule has 1 aromatic carbocycles. The number of benzene rings is 1. The van der Waals surface area contributed by atoms with Gasteiger partial charge in [-0.05, 0) is 42.2 Å². The number of amides is 1. The molecule has 128 valence electrons. The molecule has 0 radical (unpaired) electrons. The summed E-state index contributed by atoms with van der Waals surface area (Å²) in [5.41, 5.74) is 14.7. The van der Waals surface area contributed by atoms with Crippen molar-refractivity contribution < 1.29 is 4.79 Å². The second-order valence-corrected chi connectivity index (χ2v) is 7.77. The quantitative estimate of drug-likeness (QED) is 0.897. The lowest BCUT2D eigenvalue weighted by molar-refractivity contribution is -0.132. The maximum atomic E-state index is 12.5. The summed E-state index contributed by atoms with van der Waals surface area (Å²) >= 11 is 0. The molecule has 1 amide bonds. The molecule has 0 saturated carbocycles. The molecule has 1 aliphatic heterocycles. The lowest BCUT2D eigenvalue weighted by atomic mass is 9.86. The predicted octanol–water partition coefficient (Wildman–Crippen LogP) is 2.19. The number of hydrogen-bond donors (Lipinski definition) is 2. The number of nitrogens with zero attached hydrogens (tertiary/aromatic N) is 1. The first-order valence-electron chi connectivity index (χ1n) is 8.67. The summed E-state index contributed by atoms with van der Waals surface area (Å²) in [5.74, 6) is 0.0546. The second kappa shape index (κ2) is 7.45. The number of carbonyl (C=O) groups is 1. The SMILES string of the molecule is CC(C)(C)c1ccc(C[C@@H](N)C(=O)N2CCCC(N)CC2)cc1. The molecule has 0 aliphatic carbocycles. The predicted molar refractivity (Wildman–Crippen MR) is 95.2 cm³/mol. The van der Waals surface area contributed by atoms with Crippen molar-refractivity contribution in [2.45, 2.75) is 64.0 Å². The maximum Gasteiger partial charge on any atom is 0.239 e. The van der Waals surface area contributed by atoms with E-state index in [1.165, 1.54) is 5.56 Å². The molecular weight excluding hydrogens is 286 g/mol. The molecule has 4 N–H and O–H groups in total. The van der Waals surface area contributed by atoms with Crippen LogP contribution in [0.15, 0.2) is 24.3 Å². The Hall–Kier alpha value is -1.39. The Labute approximate surface area is 140 Å². The third-order valence-electron chi connectivity index (χ3n) is 4.68. The molecule has 1 unspecified atom stereocenters. The normalized spacial score (nSPS) is 20.9. The van der Waals surface area contributed by atoms with Gasteiger partial charge in [0.2, 0.25) is 5.91 Å². The molecule has 23 heavy (non-hydrogen) atoms. The van der Waals surface area contributed by atoms with Gasteiger partial charge >= 0.3 is 0 Å². The first-order valence-corrected chi connectivity index (χ1v) is 8.67. The summed E-state index contributed by atoms with van der Waals surface area (Å²) in [7, 11) is 0. The minimum absolute atomic E-state index is 0.0546. The molecule has 2 atom stereocenters. The zero-order chi connectivity index (χ0) is 17.0. The van der Waals surface area contributed by atoms with Crippen molar-refractivity contribution >= 4 is 5.91 Å². The highest BCUT2D eigenvalue weighted by molar-refractivity contribution is 5.82. The second-order valence-electron chi connectivity index (χ2n) is 7.77. The van der Waals surface area contributed by atoms with Crippen molar-refractivity contribution in [3.8, 4) is 0 Å². The van der Waals surface area contributed by atoms with Crippen molar-refractivity contribution in [2.24, 2.45) is 11.5 Å². The van der Waals surface area contributed by atoms with Gasteiger partial charge in [0, 0.05) is 19.1 Å². The van der Waals surface area contributed by atoms with E-state index in [2.05, 4.69) is 45.0 Å². The van der Waals surface area contributed by atoms with Crippen molar-refractivity contribution in [3.05, 3.63) is 35.4 Å². The van der Waals surface area contributed by atoms with E-state index >= 15 is 0 Å². The maximum absolute atomic E-state index is 12.5. The van der Waals surface area contributed by atoms with Crippen LogP contribution in [0.25, 0.3) is 0 Å². The van der Waals surface area contributed by atoms with E-state index in [1.54, 1.807) is 0 Å². The van der Waals surface area contributed by atoms with E-state index in [9.17, 15) is 4.79 Å². The molecule has 1 heterocycles. The fourth-order valence-corrected chi connectivity index (χ4v) is 3.06. The van der Waals surface area contributed by atoms with Crippen LogP contribution in [0.2, 0.25) is 0 Å². The highest BCUT2D eigenvalue weighted by atomic mass is 16.2. The summed E-state index contributed by atoms with van der Waals surface area (Å²) < 4.78 is 0. The summed E-state index contributed by atoms with van der Waals surface area (Å²) in [4.78, 5) is 14.4. The number of hydrogen-bond acceptors (Lipinski definition) is 3. The fourth-order valence-electron chi connectivity index (χ4n) is 3.06. The minimum Gasteiger partial charge on any atom is -0.341 e. The van der Waals surface area contributed by atoms with Gasteiger partial charge in [0.25, 0.3) is 0 Å². The van der Waals surface area contributed by atoms with Crippen LogP contribution in [0.4, 0.5) is 0 Å². The third-order valence-corrected chi connectivity index (χ3v) is 4.68. The van der Waals surface area contributed by atoms with Gasteiger partial charge in [-0.15, -0.1) is 0 Å². The highest BCUT2D eigenvalue weighted by Gasteiger charge is 2.24. The van der Waals surface area contributed by atoms with E-state index in [4.69, 9.17) is 11.5 Å². The van der Waals surface area contributed by atoms with Crippen LogP contribution in [-0.4, -0.2) is 36.0 Å². The number of nitrogens with two attached hydrogens (primary N) is 2. The molecule has 1 aliphatic rings. The van der Waals surface area contributed by atoms with Crippen LogP contribution in [0.1, 0.15) is 51.2 Å². The molecule has 0 bridgehead atoms. The molecule has 4 heteroatoms. The van der Waals surface area contributed by atoms with Crippen molar-refractivity contribution in [2.75, 3.05) is 13.1 Å². The summed E-state index contributed by atoms with van der Waals surface area (Å²) in [6, 6.07) is 8.20. The van der Waals surface area contributed by atoms with Gasteiger partial charge in [-0.2, -0.15) is 0 Å². The molecule has 1 fully saturated rings. The number of carbonyl (C=O) groups excluding carboxylic acids is 1. The van der Waals surface area contributed by atoms with Crippen LogP contribution in [0.5, 0.6) is 0 Å². The van der Waals surface area contributed by atoms with Crippen LogP contribution in [0, 0.1) is 0 Å². The van der Waals surface area contributed by atoms with Crippen LogP contribution < -0.4 is 11.5 Å². The Morgan fingerprint density at radius 1 is 1.22 bits per heavy atom.